The van der Waals surface area contributed by atoms with Crippen LogP contribution in [0.4, 0.5) is 13.2 Å². The maximum atomic E-state index is 12.6. The van der Waals surface area contributed by atoms with Crippen molar-refractivity contribution in [3.05, 3.63) is 29.8 Å². The second-order valence-electron chi connectivity index (χ2n) is 4.80. The van der Waals surface area contributed by atoms with Gasteiger partial charge < -0.3 is 10.2 Å². The molecule has 0 saturated carbocycles. The first-order valence-corrected chi connectivity index (χ1v) is 7.74. The molecule has 1 saturated heterocycles. The van der Waals surface area contributed by atoms with Gasteiger partial charge in [0.25, 0.3) is 0 Å². The van der Waals surface area contributed by atoms with Gasteiger partial charge in [0, 0.05) is 24.5 Å². The number of amides is 1. The van der Waals surface area contributed by atoms with E-state index in [1.54, 1.807) is 11.0 Å². The molecule has 1 aliphatic heterocycles. The van der Waals surface area contributed by atoms with Crippen LogP contribution in [-0.4, -0.2) is 42.7 Å². The highest BCUT2D eigenvalue weighted by Gasteiger charge is 2.30. The number of nitrogens with zero attached hydrogens (tertiary/aromatic N) is 1. The van der Waals surface area contributed by atoms with Gasteiger partial charge in [-0.15, -0.1) is 11.8 Å². The van der Waals surface area contributed by atoms with Crippen LogP contribution in [0, 0.1) is 0 Å². The minimum atomic E-state index is -4.35. The number of alkyl halides is 3. The van der Waals surface area contributed by atoms with Crippen LogP contribution in [0.5, 0.6) is 0 Å². The van der Waals surface area contributed by atoms with Crippen molar-refractivity contribution in [2.24, 2.45) is 0 Å². The lowest BCUT2D eigenvalue weighted by Crippen LogP contribution is -2.35. The molecule has 1 aromatic rings. The van der Waals surface area contributed by atoms with Crippen molar-refractivity contribution in [1.29, 1.82) is 0 Å². The number of carbonyl (C=O) groups excluding carboxylic acids is 1. The summed E-state index contributed by atoms with van der Waals surface area (Å²) in [6.07, 6.45) is -3.45. The molecule has 116 valence electrons. The monoisotopic (exact) mass is 318 g/mol. The molecule has 0 aromatic heterocycles. The molecule has 0 aliphatic carbocycles. The van der Waals surface area contributed by atoms with Crippen LogP contribution in [0.25, 0.3) is 0 Å². The fraction of sp³-hybridized carbons (Fsp3) is 0.500. The quantitative estimate of drug-likeness (QED) is 0.870. The molecule has 0 unspecified atom stereocenters. The normalized spacial score (nSPS) is 16.6. The molecule has 1 fully saturated rings. The summed E-state index contributed by atoms with van der Waals surface area (Å²) in [4.78, 5) is 14.3. The summed E-state index contributed by atoms with van der Waals surface area (Å²) in [5, 5.41) is 3.20. The van der Waals surface area contributed by atoms with E-state index in [1.807, 2.05) is 0 Å². The Kier molecular flexibility index (Phi) is 5.52. The minimum Gasteiger partial charge on any atom is -0.341 e. The highest BCUT2D eigenvalue weighted by molar-refractivity contribution is 8.00. The van der Waals surface area contributed by atoms with Crippen LogP contribution in [0.15, 0.2) is 29.2 Å². The molecule has 0 radical (unpaired) electrons. The van der Waals surface area contributed by atoms with E-state index < -0.39 is 11.7 Å². The molecule has 0 atom stereocenters. The fourth-order valence-electron chi connectivity index (χ4n) is 2.09. The van der Waals surface area contributed by atoms with Crippen LogP contribution in [-0.2, 0) is 11.0 Å². The zero-order chi connectivity index (χ0) is 15.3. The Morgan fingerprint density at radius 3 is 2.86 bits per heavy atom. The van der Waals surface area contributed by atoms with E-state index in [2.05, 4.69) is 5.32 Å². The van der Waals surface area contributed by atoms with Crippen LogP contribution in [0.1, 0.15) is 12.0 Å². The summed E-state index contributed by atoms with van der Waals surface area (Å²) < 4.78 is 37.8. The van der Waals surface area contributed by atoms with E-state index in [9.17, 15) is 18.0 Å². The topological polar surface area (TPSA) is 32.3 Å². The number of nitrogens with one attached hydrogen (secondary N) is 1. The molecule has 7 heteroatoms. The Labute approximate surface area is 125 Å². The summed E-state index contributed by atoms with van der Waals surface area (Å²) in [6, 6.07) is 5.08. The maximum Gasteiger partial charge on any atom is 0.416 e. The van der Waals surface area contributed by atoms with E-state index in [0.717, 1.165) is 43.4 Å². The number of benzene rings is 1. The first-order chi connectivity index (χ1) is 9.97. The maximum absolute atomic E-state index is 12.6. The number of hydrogen-bond acceptors (Lipinski definition) is 3. The summed E-state index contributed by atoms with van der Waals surface area (Å²) in [7, 11) is 0. The van der Waals surface area contributed by atoms with Crippen molar-refractivity contribution in [2.45, 2.75) is 17.5 Å². The first-order valence-electron chi connectivity index (χ1n) is 6.75. The van der Waals surface area contributed by atoms with E-state index in [4.69, 9.17) is 0 Å². The van der Waals surface area contributed by atoms with Gasteiger partial charge in [-0.3, -0.25) is 4.79 Å². The third-order valence-electron chi connectivity index (χ3n) is 3.22. The van der Waals surface area contributed by atoms with E-state index in [1.165, 1.54) is 6.07 Å². The largest absolute Gasteiger partial charge is 0.416 e. The van der Waals surface area contributed by atoms with Crippen LogP contribution >= 0.6 is 11.8 Å². The van der Waals surface area contributed by atoms with Crippen LogP contribution in [0.2, 0.25) is 0 Å². The summed E-state index contributed by atoms with van der Waals surface area (Å²) >= 11 is 1.15. The van der Waals surface area contributed by atoms with E-state index >= 15 is 0 Å². The second kappa shape index (κ2) is 7.17. The van der Waals surface area contributed by atoms with E-state index in [0.29, 0.717) is 18.0 Å². The van der Waals surface area contributed by atoms with Gasteiger partial charge in [0.05, 0.1) is 11.3 Å². The van der Waals surface area contributed by atoms with Gasteiger partial charge >= 0.3 is 6.18 Å². The molecular formula is C14H17F3N2OS. The Hall–Kier alpha value is -1.21. The highest BCUT2D eigenvalue weighted by atomic mass is 32.2. The van der Waals surface area contributed by atoms with Gasteiger partial charge in [0.15, 0.2) is 0 Å². The van der Waals surface area contributed by atoms with Crippen molar-refractivity contribution >= 4 is 17.7 Å². The number of thioether (sulfide) groups is 1. The Balaban J connectivity index is 1.91. The van der Waals surface area contributed by atoms with Gasteiger partial charge in [-0.2, -0.15) is 13.2 Å². The molecule has 0 spiro atoms. The lowest BCUT2D eigenvalue weighted by Gasteiger charge is -2.19. The van der Waals surface area contributed by atoms with E-state index in [-0.39, 0.29) is 11.7 Å². The van der Waals surface area contributed by atoms with Gasteiger partial charge in [-0.25, -0.2) is 0 Å². The van der Waals surface area contributed by atoms with Crippen molar-refractivity contribution in [3.63, 3.8) is 0 Å². The van der Waals surface area contributed by atoms with Crippen molar-refractivity contribution in [1.82, 2.24) is 10.2 Å². The minimum absolute atomic E-state index is 0.0267. The predicted octanol–water partition coefficient (Wildman–Crippen LogP) is 2.62. The molecule has 3 nitrogen and oxygen atoms in total. The summed E-state index contributed by atoms with van der Waals surface area (Å²) in [6.45, 7) is 3.02. The molecule has 1 N–H and O–H groups in total. The zero-order valence-electron chi connectivity index (χ0n) is 11.4. The first kappa shape index (κ1) is 16.2. The fourth-order valence-corrected chi connectivity index (χ4v) is 2.95. The molecule has 1 heterocycles. The zero-order valence-corrected chi connectivity index (χ0v) is 12.3. The average molecular weight is 318 g/mol. The third-order valence-corrected chi connectivity index (χ3v) is 4.20. The average Bonchev–Trinajstić information content (AvgIpc) is 2.73. The Morgan fingerprint density at radius 2 is 2.10 bits per heavy atom. The molecular weight excluding hydrogens is 301 g/mol. The smallest absolute Gasteiger partial charge is 0.341 e. The van der Waals surface area contributed by atoms with Crippen molar-refractivity contribution in [2.75, 3.05) is 31.9 Å². The third kappa shape index (κ3) is 4.93. The standard InChI is InChI=1S/C14H17F3N2OS/c15-14(16,17)11-3-1-4-12(9-11)21-10-13(20)19-7-2-5-18-6-8-19/h1,3-4,9,18H,2,5-8,10H2. The number of hydrogen-bond donors (Lipinski definition) is 1. The van der Waals surface area contributed by atoms with Crippen molar-refractivity contribution < 1.29 is 18.0 Å². The lowest BCUT2D eigenvalue weighted by atomic mass is 10.2. The molecule has 0 bridgehead atoms. The number of carbonyl (C=O) groups is 1. The number of rotatable bonds is 3. The highest BCUT2D eigenvalue weighted by Crippen LogP contribution is 2.31. The predicted molar refractivity (Wildman–Crippen MR) is 76.2 cm³/mol. The second-order valence-corrected chi connectivity index (χ2v) is 5.85. The van der Waals surface area contributed by atoms with Gasteiger partial charge in [-0.05, 0) is 31.2 Å². The van der Waals surface area contributed by atoms with Crippen LogP contribution in [0.3, 0.4) is 0 Å². The SMILES string of the molecule is O=C(CSc1cccc(C(F)(F)F)c1)N1CCCNCC1. The van der Waals surface area contributed by atoms with Gasteiger partial charge in [-0.1, -0.05) is 6.07 Å². The summed E-state index contributed by atoms with van der Waals surface area (Å²) in [5.41, 5.74) is -0.682. The van der Waals surface area contributed by atoms with Gasteiger partial charge in [0.2, 0.25) is 5.91 Å². The Morgan fingerprint density at radius 1 is 1.29 bits per heavy atom. The lowest BCUT2D eigenvalue weighted by molar-refractivity contribution is -0.137. The molecule has 21 heavy (non-hydrogen) atoms. The van der Waals surface area contributed by atoms with Gasteiger partial charge in [0.1, 0.15) is 0 Å². The molecule has 1 amide bonds. The number of halogens is 3. The Bertz CT molecular complexity index is 485. The molecule has 2 rings (SSSR count). The molecule has 1 aromatic carbocycles. The van der Waals surface area contributed by atoms with Crippen LogP contribution < -0.4 is 5.32 Å². The molecule has 1 aliphatic rings. The summed E-state index contributed by atoms with van der Waals surface area (Å²) in [5.74, 6) is 0.141. The van der Waals surface area contributed by atoms with Crippen molar-refractivity contribution in [3.8, 4) is 0 Å².